The molecule has 0 fully saturated rings. The second-order valence-electron chi connectivity index (χ2n) is 4.07. The minimum absolute atomic E-state index is 0.343. The first-order valence-electron chi connectivity index (χ1n) is 5.54. The molecule has 0 aliphatic heterocycles. The maximum Gasteiger partial charge on any atom is 0.343 e. The number of anilines is 1. The van der Waals surface area contributed by atoms with Crippen molar-refractivity contribution in [3.8, 4) is 0 Å². The topological polar surface area (TPSA) is 70.1 Å². The Labute approximate surface area is 95.6 Å². The predicted molar refractivity (Wildman–Crippen MR) is 62.1 cm³/mol. The van der Waals surface area contributed by atoms with Crippen molar-refractivity contribution in [2.24, 2.45) is 5.92 Å². The summed E-state index contributed by atoms with van der Waals surface area (Å²) < 4.78 is 6.52. The smallest absolute Gasteiger partial charge is 0.343 e. The van der Waals surface area contributed by atoms with Gasteiger partial charge in [-0.1, -0.05) is 13.8 Å². The van der Waals surface area contributed by atoms with Crippen molar-refractivity contribution in [2.75, 3.05) is 12.3 Å². The molecular weight excluding hydrogens is 206 g/mol. The van der Waals surface area contributed by atoms with E-state index in [2.05, 4.69) is 18.9 Å². The molecule has 0 atom stereocenters. The molecule has 0 radical (unpaired) electrons. The Morgan fingerprint density at radius 3 is 2.88 bits per heavy atom. The zero-order valence-electron chi connectivity index (χ0n) is 10.1. The van der Waals surface area contributed by atoms with E-state index in [1.165, 1.54) is 6.20 Å². The van der Waals surface area contributed by atoms with Gasteiger partial charge < -0.3 is 10.5 Å². The number of hydrogen-bond acceptors (Lipinski definition) is 4. The molecule has 16 heavy (non-hydrogen) atoms. The standard InChI is InChI=1S/C11H19N3O2/c1-4-16-11(15)9-7-13-14(10(9)12)6-5-8(2)3/h7-8H,4-6,12H2,1-3H3. The van der Waals surface area contributed by atoms with Crippen molar-refractivity contribution >= 4 is 11.8 Å². The highest BCUT2D eigenvalue weighted by Crippen LogP contribution is 2.14. The van der Waals surface area contributed by atoms with Crippen LogP contribution in [0.4, 0.5) is 5.82 Å². The molecule has 0 bridgehead atoms. The molecule has 5 nitrogen and oxygen atoms in total. The third-order valence-corrected chi connectivity index (χ3v) is 2.29. The van der Waals surface area contributed by atoms with Crippen LogP contribution in [-0.4, -0.2) is 22.4 Å². The lowest BCUT2D eigenvalue weighted by atomic mass is 10.1. The summed E-state index contributed by atoms with van der Waals surface area (Å²) in [6.45, 7) is 7.09. The number of carbonyl (C=O) groups excluding carboxylic acids is 1. The van der Waals surface area contributed by atoms with Crippen LogP contribution in [-0.2, 0) is 11.3 Å². The Balaban J connectivity index is 2.72. The zero-order chi connectivity index (χ0) is 12.1. The number of nitrogens with zero attached hydrogens (tertiary/aromatic N) is 2. The second kappa shape index (κ2) is 5.53. The van der Waals surface area contributed by atoms with Crippen LogP contribution in [0, 0.1) is 5.92 Å². The minimum atomic E-state index is -0.407. The fourth-order valence-electron chi connectivity index (χ4n) is 1.32. The Kier molecular flexibility index (Phi) is 4.34. The Morgan fingerprint density at radius 2 is 2.31 bits per heavy atom. The minimum Gasteiger partial charge on any atom is -0.462 e. The van der Waals surface area contributed by atoms with Gasteiger partial charge >= 0.3 is 5.97 Å². The highest BCUT2D eigenvalue weighted by Gasteiger charge is 2.15. The zero-order valence-corrected chi connectivity index (χ0v) is 10.1. The van der Waals surface area contributed by atoms with Gasteiger partial charge in [0.25, 0.3) is 0 Å². The van der Waals surface area contributed by atoms with Gasteiger partial charge in [0.1, 0.15) is 11.4 Å². The number of nitrogen functional groups attached to an aromatic ring is 1. The summed E-state index contributed by atoms with van der Waals surface area (Å²) in [5.74, 6) is 0.560. The van der Waals surface area contributed by atoms with Crippen LogP contribution in [0.15, 0.2) is 6.20 Å². The molecule has 0 spiro atoms. The lowest BCUT2D eigenvalue weighted by Gasteiger charge is -2.07. The van der Waals surface area contributed by atoms with E-state index in [1.807, 2.05) is 0 Å². The Bertz CT molecular complexity index is 358. The number of nitrogens with two attached hydrogens (primary N) is 1. The van der Waals surface area contributed by atoms with Crippen molar-refractivity contribution < 1.29 is 9.53 Å². The van der Waals surface area contributed by atoms with E-state index in [0.717, 1.165) is 13.0 Å². The molecule has 2 N–H and O–H groups in total. The van der Waals surface area contributed by atoms with Gasteiger partial charge in [-0.3, -0.25) is 0 Å². The number of carbonyl (C=O) groups is 1. The molecule has 5 heteroatoms. The molecule has 0 aliphatic rings. The SMILES string of the molecule is CCOC(=O)c1cnn(CCC(C)C)c1N. The van der Waals surface area contributed by atoms with Gasteiger partial charge in [0, 0.05) is 6.54 Å². The van der Waals surface area contributed by atoms with Crippen molar-refractivity contribution in [2.45, 2.75) is 33.7 Å². The van der Waals surface area contributed by atoms with Gasteiger partial charge in [-0.25, -0.2) is 9.48 Å². The van der Waals surface area contributed by atoms with Gasteiger partial charge in [0.15, 0.2) is 0 Å². The van der Waals surface area contributed by atoms with E-state index < -0.39 is 5.97 Å². The summed E-state index contributed by atoms with van der Waals surface area (Å²) in [5.41, 5.74) is 6.17. The highest BCUT2D eigenvalue weighted by atomic mass is 16.5. The summed E-state index contributed by atoms with van der Waals surface area (Å²) in [7, 11) is 0. The summed E-state index contributed by atoms with van der Waals surface area (Å²) in [6.07, 6.45) is 2.45. The number of esters is 1. The van der Waals surface area contributed by atoms with Gasteiger partial charge in [-0.05, 0) is 19.3 Å². The quantitative estimate of drug-likeness (QED) is 0.774. The summed E-state index contributed by atoms with van der Waals surface area (Å²) >= 11 is 0. The first kappa shape index (κ1) is 12.5. The average Bonchev–Trinajstić information content (AvgIpc) is 2.57. The second-order valence-corrected chi connectivity index (χ2v) is 4.07. The number of aryl methyl sites for hydroxylation is 1. The third-order valence-electron chi connectivity index (χ3n) is 2.29. The maximum absolute atomic E-state index is 11.5. The largest absolute Gasteiger partial charge is 0.462 e. The van der Waals surface area contributed by atoms with Crippen LogP contribution in [0.2, 0.25) is 0 Å². The van der Waals surface area contributed by atoms with E-state index in [9.17, 15) is 4.79 Å². The fourth-order valence-corrected chi connectivity index (χ4v) is 1.32. The third kappa shape index (κ3) is 2.98. The molecule has 1 rings (SSSR count). The molecule has 1 aromatic rings. The van der Waals surface area contributed by atoms with Crippen LogP contribution in [0.5, 0.6) is 0 Å². The van der Waals surface area contributed by atoms with Gasteiger partial charge in [0.05, 0.1) is 12.8 Å². The first-order chi connectivity index (χ1) is 7.56. The molecule has 0 saturated carbocycles. The van der Waals surface area contributed by atoms with Gasteiger partial charge in [-0.15, -0.1) is 0 Å². The van der Waals surface area contributed by atoms with E-state index in [4.69, 9.17) is 10.5 Å². The lowest BCUT2D eigenvalue weighted by Crippen LogP contribution is -2.10. The fraction of sp³-hybridized carbons (Fsp3) is 0.636. The maximum atomic E-state index is 11.5. The van der Waals surface area contributed by atoms with Crippen LogP contribution < -0.4 is 5.73 Å². The number of hydrogen-bond donors (Lipinski definition) is 1. The van der Waals surface area contributed by atoms with Crippen LogP contribution >= 0.6 is 0 Å². The van der Waals surface area contributed by atoms with Crippen molar-refractivity contribution in [3.63, 3.8) is 0 Å². The van der Waals surface area contributed by atoms with Crippen molar-refractivity contribution in [3.05, 3.63) is 11.8 Å². The summed E-state index contributed by atoms with van der Waals surface area (Å²) in [5, 5.41) is 4.08. The number of ether oxygens (including phenoxy) is 1. The number of rotatable bonds is 5. The molecule has 0 unspecified atom stereocenters. The van der Waals surface area contributed by atoms with Gasteiger partial charge in [0.2, 0.25) is 0 Å². The lowest BCUT2D eigenvalue weighted by molar-refractivity contribution is 0.0527. The van der Waals surface area contributed by atoms with E-state index >= 15 is 0 Å². The molecule has 1 aromatic heterocycles. The highest BCUT2D eigenvalue weighted by molar-refractivity contribution is 5.93. The van der Waals surface area contributed by atoms with Crippen LogP contribution in [0.1, 0.15) is 37.6 Å². The molecule has 0 amide bonds. The van der Waals surface area contributed by atoms with Crippen molar-refractivity contribution in [1.29, 1.82) is 0 Å². The monoisotopic (exact) mass is 225 g/mol. The molecule has 0 saturated heterocycles. The molecule has 0 aliphatic carbocycles. The van der Waals surface area contributed by atoms with Crippen molar-refractivity contribution in [1.82, 2.24) is 9.78 Å². The average molecular weight is 225 g/mol. The molecule has 0 aromatic carbocycles. The van der Waals surface area contributed by atoms with Gasteiger partial charge in [-0.2, -0.15) is 5.10 Å². The summed E-state index contributed by atoms with van der Waals surface area (Å²) in [6, 6.07) is 0. The molecule has 90 valence electrons. The van der Waals surface area contributed by atoms with E-state index in [1.54, 1.807) is 11.6 Å². The van der Waals surface area contributed by atoms with Crippen LogP contribution in [0.25, 0.3) is 0 Å². The van der Waals surface area contributed by atoms with E-state index in [-0.39, 0.29) is 0 Å². The van der Waals surface area contributed by atoms with E-state index in [0.29, 0.717) is 23.9 Å². The van der Waals surface area contributed by atoms with Crippen LogP contribution in [0.3, 0.4) is 0 Å². The Hall–Kier alpha value is -1.52. The molecular formula is C11H19N3O2. The normalized spacial score (nSPS) is 10.8. The molecule has 1 heterocycles. The summed E-state index contributed by atoms with van der Waals surface area (Å²) in [4.78, 5) is 11.5. The number of aromatic nitrogens is 2. The first-order valence-corrected chi connectivity index (χ1v) is 5.54. The predicted octanol–water partition coefficient (Wildman–Crippen LogP) is 1.69. The Morgan fingerprint density at radius 1 is 1.62 bits per heavy atom.